The van der Waals surface area contributed by atoms with Crippen molar-refractivity contribution in [3.05, 3.63) is 29.6 Å². The predicted molar refractivity (Wildman–Crippen MR) is 57.0 cm³/mol. The molecular formula is C12H12F3NO2. The van der Waals surface area contributed by atoms with Crippen molar-refractivity contribution in [2.45, 2.75) is 37.3 Å². The second kappa shape index (κ2) is 4.26. The molecule has 1 aliphatic carbocycles. The molecule has 1 aromatic heterocycles. The van der Waals surface area contributed by atoms with Crippen LogP contribution >= 0.6 is 0 Å². The fourth-order valence-corrected chi connectivity index (χ4v) is 2.59. The van der Waals surface area contributed by atoms with E-state index in [2.05, 4.69) is 4.98 Å². The summed E-state index contributed by atoms with van der Waals surface area (Å²) in [6.45, 7) is 0. The molecule has 1 aliphatic rings. The molecule has 2 rings (SSSR count). The molecule has 3 nitrogen and oxygen atoms in total. The van der Waals surface area contributed by atoms with Gasteiger partial charge in [-0.15, -0.1) is 0 Å². The maximum Gasteiger partial charge on any atom is 0.433 e. The number of pyridine rings is 1. The summed E-state index contributed by atoms with van der Waals surface area (Å²) in [7, 11) is 0. The number of alkyl halides is 3. The molecule has 0 saturated heterocycles. The topological polar surface area (TPSA) is 50.2 Å². The van der Waals surface area contributed by atoms with Crippen molar-refractivity contribution in [2.75, 3.05) is 0 Å². The predicted octanol–water partition coefficient (Wildman–Crippen LogP) is 3.00. The Morgan fingerprint density at radius 1 is 1.33 bits per heavy atom. The maximum absolute atomic E-state index is 12.9. The van der Waals surface area contributed by atoms with E-state index >= 15 is 0 Å². The van der Waals surface area contributed by atoms with Crippen molar-refractivity contribution >= 4 is 5.97 Å². The summed E-state index contributed by atoms with van der Waals surface area (Å²) in [5.41, 5.74) is -2.71. The Morgan fingerprint density at radius 3 is 2.44 bits per heavy atom. The molecule has 0 spiro atoms. The Balaban J connectivity index is 2.59. The van der Waals surface area contributed by atoms with Crippen molar-refractivity contribution in [3.63, 3.8) is 0 Å². The minimum atomic E-state index is -4.62. The van der Waals surface area contributed by atoms with Gasteiger partial charge in [0.2, 0.25) is 0 Å². The maximum atomic E-state index is 12.9. The highest BCUT2D eigenvalue weighted by Gasteiger charge is 2.48. The van der Waals surface area contributed by atoms with E-state index in [0.29, 0.717) is 12.8 Å². The Kier molecular flexibility index (Phi) is 3.04. The molecule has 18 heavy (non-hydrogen) atoms. The summed E-state index contributed by atoms with van der Waals surface area (Å²) in [6, 6.07) is 2.59. The van der Waals surface area contributed by atoms with Crippen molar-refractivity contribution in [3.8, 4) is 0 Å². The molecule has 1 fully saturated rings. The third-order valence-corrected chi connectivity index (χ3v) is 3.46. The van der Waals surface area contributed by atoms with Gasteiger partial charge < -0.3 is 5.11 Å². The number of rotatable bonds is 2. The van der Waals surface area contributed by atoms with E-state index in [4.69, 9.17) is 0 Å². The summed E-state index contributed by atoms with van der Waals surface area (Å²) in [5.74, 6) is -1.20. The first-order valence-corrected chi connectivity index (χ1v) is 5.64. The van der Waals surface area contributed by atoms with E-state index < -0.39 is 23.3 Å². The van der Waals surface area contributed by atoms with Crippen LogP contribution in [0.3, 0.4) is 0 Å². The first-order chi connectivity index (χ1) is 8.38. The molecule has 6 heteroatoms. The monoisotopic (exact) mass is 259 g/mol. The highest BCUT2D eigenvalue weighted by molar-refractivity contribution is 5.82. The number of aromatic nitrogens is 1. The Bertz CT molecular complexity index is 465. The average Bonchev–Trinajstić information content (AvgIpc) is 2.78. The van der Waals surface area contributed by atoms with E-state index in [1.165, 1.54) is 12.1 Å². The number of carbonyl (C=O) groups is 1. The zero-order valence-electron chi connectivity index (χ0n) is 9.50. The third-order valence-electron chi connectivity index (χ3n) is 3.46. The van der Waals surface area contributed by atoms with Crippen LogP contribution in [0.5, 0.6) is 0 Å². The van der Waals surface area contributed by atoms with Crippen LogP contribution in [0.1, 0.15) is 36.9 Å². The van der Waals surface area contributed by atoms with Gasteiger partial charge in [-0.1, -0.05) is 18.9 Å². The summed E-state index contributed by atoms with van der Waals surface area (Å²) in [5, 5.41) is 9.31. The van der Waals surface area contributed by atoms with Crippen molar-refractivity contribution in [1.82, 2.24) is 4.98 Å². The number of carboxylic acids is 1. The number of halogens is 3. The number of aliphatic carboxylic acids is 1. The zero-order valence-corrected chi connectivity index (χ0v) is 9.50. The quantitative estimate of drug-likeness (QED) is 0.888. The smallest absolute Gasteiger partial charge is 0.433 e. The Labute approximate surface area is 102 Å². The van der Waals surface area contributed by atoms with E-state index in [9.17, 15) is 23.1 Å². The minimum Gasteiger partial charge on any atom is -0.481 e. The van der Waals surface area contributed by atoms with E-state index in [1.54, 1.807) is 0 Å². The van der Waals surface area contributed by atoms with Crippen LogP contribution in [0.15, 0.2) is 18.3 Å². The first kappa shape index (κ1) is 12.9. The van der Waals surface area contributed by atoms with Gasteiger partial charge in [0.15, 0.2) is 0 Å². The third kappa shape index (κ3) is 1.95. The molecule has 0 bridgehead atoms. The largest absolute Gasteiger partial charge is 0.481 e. The Morgan fingerprint density at radius 2 is 1.94 bits per heavy atom. The molecule has 0 atom stereocenters. The average molecular weight is 259 g/mol. The normalized spacial score (nSPS) is 18.8. The Hall–Kier alpha value is -1.59. The van der Waals surface area contributed by atoms with Gasteiger partial charge in [-0.3, -0.25) is 9.78 Å². The molecule has 98 valence electrons. The number of carboxylic acid groups (broad SMARTS) is 1. The van der Waals surface area contributed by atoms with Crippen LogP contribution < -0.4 is 0 Å². The van der Waals surface area contributed by atoms with Crippen LogP contribution in [0.2, 0.25) is 0 Å². The van der Waals surface area contributed by atoms with Gasteiger partial charge in [0.1, 0.15) is 5.69 Å². The molecule has 1 N–H and O–H groups in total. The van der Waals surface area contributed by atoms with Gasteiger partial charge >= 0.3 is 12.1 Å². The van der Waals surface area contributed by atoms with Crippen LogP contribution in [0.25, 0.3) is 0 Å². The standard InChI is InChI=1S/C12H12F3NO2/c13-12(14,15)9-8(4-3-7-16-9)11(10(17)18)5-1-2-6-11/h3-4,7H,1-2,5-6H2,(H,17,18). The fourth-order valence-electron chi connectivity index (χ4n) is 2.59. The highest BCUT2D eigenvalue weighted by Crippen LogP contribution is 2.45. The van der Waals surface area contributed by atoms with Gasteiger partial charge in [0.25, 0.3) is 0 Å². The van der Waals surface area contributed by atoms with Crippen molar-refractivity contribution in [2.24, 2.45) is 0 Å². The number of hydrogen-bond donors (Lipinski definition) is 1. The molecule has 0 aromatic carbocycles. The summed E-state index contributed by atoms with van der Waals surface area (Å²) < 4.78 is 38.6. The highest BCUT2D eigenvalue weighted by atomic mass is 19.4. The van der Waals surface area contributed by atoms with Crippen LogP contribution in [0.4, 0.5) is 13.2 Å². The van der Waals surface area contributed by atoms with Crippen LogP contribution in [0, 0.1) is 0 Å². The summed E-state index contributed by atoms with van der Waals surface area (Å²) >= 11 is 0. The summed E-state index contributed by atoms with van der Waals surface area (Å²) in [6.07, 6.45) is -1.87. The van der Waals surface area contributed by atoms with Gasteiger partial charge in [-0.05, 0) is 18.9 Å². The molecule has 0 radical (unpaired) electrons. The lowest BCUT2D eigenvalue weighted by Gasteiger charge is -2.26. The second-order valence-corrected chi connectivity index (χ2v) is 4.49. The van der Waals surface area contributed by atoms with Crippen LogP contribution in [-0.4, -0.2) is 16.1 Å². The summed E-state index contributed by atoms with van der Waals surface area (Å²) in [4.78, 5) is 14.7. The molecular weight excluding hydrogens is 247 g/mol. The van der Waals surface area contributed by atoms with Crippen molar-refractivity contribution in [1.29, 1.82) is 0 Å². The van der Waals surface area contributed by atoms with E-state index in [-0.39, 0.29) is 18.4 Å². The van der Waals surface area contributed by atoms with Crippen LogP contribution in [-0.2, 0) is 16.4 Å². The molecule has 0 amide bonds. The lowest BCUT2D eigenvalue weighted by atomic mass is 9.78. The lowest BCUT2D eigenvalue weighted by molar-refractivity contribution is -0.147. The van der Waals surface area contributed by atoms with Gasteiger partial charge in [0, 0.05) is 11.8 Å². The lowest BCUT2D eigenvalue weighted by Crippen LogP contribution is -2.35. The zero-order chi connectivity index (χ0) is 13.4. The molecule has 1 aromatic rings. The fraction of sp³-hybridized carbons (Fsp3) is 0.500. The molecule has 0 aliphatic heterocycles. The van der Waals surface area contributed by atoms with E-state index in [1.807, 2.05) is 0 Å². The van der Waals surface area contributed by atoms with Gasteiger partial charge in [-0.25, -0.2) is 0 Å². The first-order valence-electron chi connectivity index (χ1n) is 5.64. The molecule has 1 heterocycles. The van der Waals surface area contributed by atoms with Gasteiger partial charge in [-0.2, -0.15) is 13.2 Å². The van der Waals surface area contributed by atoms with Gasteiger partial charge in [0.05, 0.1) is 5.41 Å². The van der Waals surface area contributed by atoms with E-state index in [0.717, 1.165) is 6.20 Å². The second-order valence-electron chi connectivity index (χ2n) is 4.49. The number of hydrogen-bond acceptors (Lipinski definition) is 2. The SMILES string of the molecule is O=C(O)C1(c2cccnc2C(F)(F)F)CCCC1. The number of nitrogens with zero attached hydrogens (tertiary/aromatic N) is 1. The minimum absolute atomic E-state index is 0.206. The molecule has 1 saturated carbocycles. The van der Waals surface area contributed by atoms with Crippen molar-refractivity contribution < 1.29 is 23.1 Å². The molecule has 0 unspecified atom stereocenters.